The van der Waals surface area contributed by atoms with Gasteiger partial charge < -0.3 is 11.1 Å². The third-order valence-electron chi connectivity index (χ3n) is 3.69. The Bertz CT molecular complexity index is 879. The Hall–Kier alpha value is -2.58. The van der Waals surface area contributed by atoms with Crippen molar-refractivity contribution >= 4 is 24.2 Å². The lowest BCUT2D eigenvalue weighted by molar-refractivity contribution is 0.613. The summed E-state index contributed by atoms with van der Waals surface area (Å²) in [5.41, 5.74) is 7.43. The first-order valence-corrected chi connectivity index (χ1v) is 7.46. The van der Waals surface area contributed by atoms with Crippen molar-refractivity contribution in [1.29, 1.82) is 0 Å². The van der Waals surface area contributed by atoms with E-state index in [0.29, 0.717) is 22.9 Å². The summed E-state index contributed by atoms with van der Waals surface area (Å²) in [7, 11) is 1.81. The van der Waals surface area contributed by atoms with Crippen molar-refractivity contribution in [2.75, 3.05) is 5.32 Å². The molecule has 0 radical (unpaired) electrons. The van der Waals surface area contributed by atoms with Gasteiger partial charge in [0, 0.05) is 25.4 Å². The molecule has 0 aliphatic heterocycles. The quantitative estimate of drug-likeness (QED) is 0.740. The number of nitrogens with two attached hydrogens (primary N) is 1. The topological polar surface area (TPSA) is 94.5 Å². The SMILES string of the molecule is Cc1c([C@@H](C)N)ccc(-c2ncnc(Nc3ccn(C)n3)n2)c1F.Cl. The number of nitrogens with one attached hydrogen (secondary N) is 1. The van der Waals surface area contributed by atoms with Crippen LogP contribution in [0.2, 0.25) is 0 Å². The summed E-state index contributed by atoms with van der Waals surface area (Å²) in [6, 6.07) is 4.98. The van der Waals surface area contributed by atoms with Gasteiger partial charge in [-0.1, -0.05) is 6.07 Å². The minimum atomic E-state index is -0.375. The number of nitrogens with zero attached hydrogens (tertiary/aromatic N) is 5. The van der Waals surface area contributed by atoms with Crippen LogP contribution in [-0.4, -0.2) is 24.7 Å². The first kappa shape index (κ1) is 18.8. The molecule has 3 N–H and O–H groups in total. The van der Waals surface area contributed by atoms with Gasteiger partial charge in [-0.3, -0.25) is 4.68 Å². The lowest BCUT2D eigenvalue weighted by Gasteiger charge is -2.13. The Morgan fingerprint density at radius 3 is 2.64 bits per heavy atom. The number of halogens is 2. The molecule has 9 heteroatoms. The van der Waals surface area contributed by atoms with Crippen LogP contribution in [0.5, 0.6) is 0 Å². The van der Waals surface area contributed by atoms with Gasteiger partial charge in [-0.05, 0) is 31.0 Å². The van der Waals surface area contributed by atoms with Gasteiger partial charge in [-0.2, -0.15) is 10.1 Å². The van der Waals surface area contributed by atoms with E-state index in [1.807, 2.05) is 14.0 Å². The first-order chi connectivity index (χ1) is 11.5. The zero-order valence-electron chi connectivity index (χ0n) is 14.1. The van der Waals surface area contributed by atoms with Crippen LogP contribution < -0.4 is 11.1 Å². The minimum Gasteiger partial charge on any atom is -0.324 e. The Morgan fingerprint density at radius 2 is 2.00 bits per heavy atom. The summed E-state index contributed by atoms with van der Waals surface area (Å²) in [4.78, 5) is 12.4. The number of hydrogen-bond acceptors (Lipinski definition) is 6. The Kier molecular flexibility index (Phi) is 5.66. The molecule has 2 aromatic heterocycles. The molecule has 0 saturated carbocycles. The molecule has 1 atom stereocenters. The summed E-state index contributed by atoms with van der Waals surface area (Å²) in [6.07, 6.45) is 3.13. The van der Waals surface area contributed by atoms with Gasteiger partial charge in [0.25, 0.3) is 0 Å². The Labute approximate surface area is 150 Å². The van der Waals surface area contributed by atoms with Crippen molar-refractivity contribution in [3.8, 4) is 11.4 Å². The van der Waals surface area contributed by atoms with E-state index in [-0.39, 0.29) is 30.1 Å². The van der Waals surface area contributed by atoms with E-state index >= 15 is 0 Å². The summed E-state index contributed by atoms with van der Waals surface area (Å²) < 4.78 is 16.3. The summed E-state index contributed by atoms with van der Waals surface area (Å²) >= 11 is 0. The molecule has 0 fully saturated rings. The standard InChI is InChI=1S/C16H18FN7.ClH/c1-9-11(10(2)18)4-5-12(14(9)17)15-19-8-20-16(22-15)21-13-6-7-24(3)23-13;/h4-8,10H,18H2,1-3H3,(H,19,20,21,22,23);1H/t10-;/m1./s1. The van der Waals surface area contributed by atoms with E-state index in [4.69, 9.17) is 5.73 Å². The summed E-state index contributed by atoms with van der Waals surface area (Å²) in [6.45, 7) is 3.52. The molecule has 132 valence electrons. The molecule has 0 spiro atoms. The van der Waals surface area contributed by atoms with Gasteiger partial charge in [-0.25, -0.2) is 14.4 Å². The van der Waals surface area contributed by atoms with Crippen molar-refractivity contribution in [3.05, 3.63) is 47.7 Å². The van der Waals surface area contributed by atoms with Crippen LogP contribution in [0.15, 0.2) is 30.7 Å². The number of aryl methyl sites for hydroxylation is 1. The fourth-order valence-electron chi connectivity index (χ4n) is 2.45. The van der Waals surface area contributed by atoms with Crippen molar-refractivity contribution in [2.45, 2.75) is 19.9 Å². The fourth-order valence-corrected chi connectivity index (χ4v) is 2.45. The van der Waals surface area contributed by atoms with Crippen LogP contribution in [-0.2, 0) is 7.05 Å². The molecule has 0 aliphatic rings. The molecule has 2 heterocycles. The van der Waals surface area contributed by atoms with Crippen LogP contribution in [0.1, 0.15) is 24.1 Å². The maximum atomic E-state index is 14.7. The Balaban J connectivity index is 0.00000225. The zero-order chi connectivity index (χ0) is 17.3. The number of rotatable bonds is 4. The Morgan fingerprint density at radius 1 is 1.24 bits per heavy atom. The van der Waals surface area contributed by atoms with Gasteiger partial charge in [0.15, 0.2) is 11.6 Å². The van der Waals surface area contributed by atoms with Crippen molar-refractivity contribution < 1.29 is 4.39 Å². The van der Waals surface area contributed by atoms with Gasteiger partial charge in [-0.15, -0.1) is 12.4 Å². The normalized spacial score (nSPS) is 11.7. The highest BCUT2D eigenvalue weighted by Gasteiger charge is 2.16. The lowest BCUT2D eigenvalue weighted by atomic mass is 9.99. The number of anilines is 2. The zero-order valence-corrected chi connectivity index (χ0v) is 14.9. The lowest BCUT2D eigenvalue weighted by Crippen LogP contribution is -2.09. The molecule has 3 aromatic rings. The molecule has 0 bridgehead atoms. The molecule has 0 amide bonds. The first-order valence-electron chi connectivity index (χ1n) is 7.46. The van der Waals surface area contributed by atoms with Crippen LogP contribution in [0.25, 0.3) is 11.4 Å². The smallest absolute Gasteiger partial charge is 0.231 e. The maximum absolute atomic E-state index is 14.7. The van der Waals surface area contributed by atoms with Crippen molar-refractivity contribution in [3.63, 3.8) is 0 Å². The molecular weight excluding hydrogens is 345 g/mol. The van der Waals surface area contributed by atoms with E-state index in [1.54, 1.807) is 36.0 Å². The number of aromatic nitrogens is 5. The van der Waals surface area contributed by atoms with E-state index in [2.05, 4.69) is 25.4 Å². The summed E-state index contributed by atoms with van der Waals surface area (Å²) in [5, 5.41) is 7.15. The largest absolute Gasteiger partial charge is 0.324 e. The van der Waals surface area contributed by atoms with Crippen LogP contribution in [0.4, 0.5) is 16.2 Å². The van der Waals surface area contributed by atoms with E-state index in [9.17, 15) is 4.39 Å². The molecule has 0 saturated heterocycles. The molecule has 1 aromatic carbocycles. The van der Waals surface area contributed by atoms with Crippen LogP contribution in [0, 0.1) is 12.7 Å². The van der Waals surface area contributed by atoms with E-state index < -0.39 is 0 Å². The van der Waals surface area contributed by atoms with Gasteiger partial charge in [0.2, 0.25) is 5.95 Å². The average Bonchev–Trinajstić information content (AvgIpc) is 2.95. The predicted molar refractivity (Wildman–Crippen MR) is 96.3 cm³/mol. The summed E-state index contributed by atoms with van der Waals surface area (Å²) in [5.74, 6) is 0.769. The highest BCUT2D eigenvalue weighted by atomic mass is 35.5. The average molecular weight is 364 g/mol. The van der Waals surface area contributed by atoms with Gasteiger partial charge in [0.1, 0.15) is 12.1 Å². The fraction of sp³-hybridized carbons (Fsp3) is 0.250. The van der Waals surface area contributed by atoms with Crippen LogP contribution in [0.3, 0.4) is 0 Å². The van der Waals surface area contributed by atoms with E-state index in [1.165, 1.54) is 6.33 Å². The molecule has 25 heavy (non-hydrogen) atoms. The maximum Gasteiger partial charge on any atom is 0.231 e. The molecule has 7 nitrogen and oxygen atoms in total. The second-order valence-electron chi connectivity index (χ2n) is 5.56. The van der Waals surface area contributed by atoms with Crippen molar-refractivity contribution in [2.24, 2.45) is 12.8 Å². The molecular formula is C16H19ClFN7. The van der Waals surface area contributed by atoms with Gasteiger partial charge in [0.05, 0.1) is 5.56 Å². The number of hydrogen-bond donors (Lipinski definition) is 2. The minimum absolute atomic E-state index is 0. The van der Waals surface area contributed by atoms with Crippen molar-refractivity contribution in [1.82, 2.24) is 24.7 Å². The second kappa shape index (κ2) is 7.54. The highest BCUT2D eigenvalue weighted by molar-refractivity contribution is 5.85. The number of benzene rings is 1. The third kappa shape index (κ3) is 3.92. The van der Waals surface area contributed by atoms with Crippen LogP contribution >= 0.6 is 12.4 Å². The molecule has 3 rings (SSSR count). The molecule has 0 unspecified atom stereocenters. The highest BCUT2D eigenvalue weighted by Crippen LogP contribution is 2.27. The third-order valence-corrected chi connectivity index (χ3v) is 3.69. The molecule has 0 aliphatic carbocycles. The monoisotopic (exact) mass is 363 g/mol. The second-order valence-corrected chi connectivity index (χ2v) is 5.56. The van der Waals surface area contributed by atoms with Gasteiger partial charge >= 0.3 is 0 Å². The predicted octanol–water partition coefficient (Wildman–Crippen LogP) is 2.90. The van der Waals surface area contributed by atoms with E-state index in [0.717, 1.165) is 5.56 Å².